The molecule has 1 aromatic heterocycles. The van der Waals surface area contributed by atoms with Gasteiger partial charge in [-0.25, -0.2) is 0 Å². The van der Waals surface area contributed by atoms with Gasteiger partial charge in [0.2, 0.25) is 17.7 Å². The molecule has 0 spiro atoms. The molecule has 1 aromatic rings. The molecule has 1 saturated heterocycles. The molecule has 266 valence electrons. The second-order valence-corrected chi connectivity index (χ2v) is 14.1. The second-order valence-electron chi connectivity index (χ2n) is 14.1. The number of ether oxygens (including phenoxy) is 2. The van der Waals surface area contributed by atoms with Crippen molar-refractivity contribution in [2.45, 2.75) is 77.9 Å². The summed E-state index contributed by atoms with van der Waals surface area (Å²) < 4.78 is 12.7. The number of amidine groups is 1. The van der Waals surface area contributed by atoms with Crippen molar-refractivity contribution < 1.29 is 23.9 Å². The minimum atomic E-state index is -0.756. The maximum atomic E-state index is 13.9. The van der Waals surface area contributed by atoms with Crippen molar-refractivity contribution in [3.8, 4) is 0 Å². The third-order valence-electron chi connectivity index (χ3n) is 10.1. The Bertz CT molecular complexity index is 1510. The normalized spacial score (nSPS) is 22.4. The van der Waals surface area contributed by atoms with Gasteiger partial charge in [-0.3, -0.25) is 24.4 Å². The van der Waals surface area contributed by atoms with Gasteiger partial charge in [0.25, 0.3) is 0 Å². The Morgan fingerprint density at radius 2 is 1.96 bits per heavy atom. The Morgan fingerprint density at radius 3 is 2.55 bits per heavy atom. The molecule has 3 amide bonds. The summed E-state index contributed by atoms with van der Waals surface area (Å²) in [7, 11) is 2.02. The molecule has 12 nitrogen and oxygen atoms in total. The van der Waals surface area contributed by atoms with E-state index in [9.17, 15) is 14.4 Å². The standard InChI is InChI=1S/C37H53N7O5/c1-8-34(46)44(9-2)15-14-43(7)20-33(31-13-12-28(19-39-31)27-10-11-27)49-32-16-23(3)29(17-30(32)37(21-48-22-37)42-26(6)45)36(47)41-35-24(4)18-38-25(5)40-35/h8,12-13,19,23,27,29,33H,1,9-11,14-18,20-22H2,2-7H3,(H,38,40)(H,41,47)(H,42,45)/t23?,29?,33-/m1/s1. The predicted molar refractivity (Wildman–Crippen MR) is 188 cm³/mol. The van der Waals surface area contributed by atoms with E-state index in [2.05, 4.69) is 51.5 Å². The van der Waals surface area contributed by atoms with Crippen molar-refractivity contribution in [3.63, 3.8) is 0 Å². The first-order valence-corrected chi connectivity index (χ1v) is 17.5. The van der Waals surface area contributed by atoms with Crippen molar-refractivity contribution in [3.05, 3.63) is 65.0 Å². The second kappa shape index (κ2) is 15.7. The van der Waals surface area contributed by atoms with Crippen molar-refractivity contribution in [2.24, 2.45) is 16.8 Å². The lowest BCUT2D eigenvalue weighted by atomic mass is 9.71. The van der Waals surface area contributed by atoms with Crippen molar-refractivity contribution in [1.29, 1.82) is 0 Å². The molecule has 0 bridgehead atoms. The average molecular weight is 676 g/mol. The van der Waals surface area contributed by atoms with Crippen LogP contribution in [-0.2, 0) is 23.9 Å². The number of nitrogens with one attached hydrogen (secondary N) is 3. The Hall–Kier alpha value is -4.03. The zero-order valence-electron chi connectivity index (χ0n) is 29.9. The summed E-state index contributed by atoms with van der Waals surface area (Å²) in [5.74, 6) is 2.06. The number of aliphatic imine (C=N–C) groups is 1. The highest BCUT2D eigenvalue weighted by Gasteiger charge is 2.49. The molecule has 1 saturated carbocycles. The monoisotopic (exact) mass is 675 g/mol. The number of nitrogens with zero attached hydrogens (tertiary/aromatic N) is 4. The first kappa shape index (κ1) is 36.3. The van der Waals surface area contributed by atoms with Gasteiger partial charge in [0.15, 0.2) is 6.10 Å². The molecule has 12 heteroatoms. The van der Waals surface area contributed by atoms with Gasteiger partial charge < -0.3 is 35.2 Å². The summed E-state index contributed by atoms with van der Waals surface area (Å²) in [5, 5.41) is 9.49. The lowest BCUT2D eigenvalue weighted by molar-refractivity contribution is -0.129. The molecule has 0 radical (unpaired) electrons. The number of hydrogen-bond acceptors (Lipinski definition) is 9. The van der Waals surface area contributed by atoms with E-state index in [-0.39, 0.29) is 29.6 Å². The maximum Gasteiger partial charge on any atom is 0.245 e. The number of amides is 3. The quantitative estimate of drug-likeness (QED) is 0.240. The van der Waals surface area contributed by atoms with Crippen LogP contribution in [0.1, 0.15) is 83.6 Å². The first-order chi connectivity index (χ1) is 23.4. The summed E-state index contributed by atoms with van der Waals surface area (Å²) in [6, 6.07) is 4.21. The van der Waals surface area contributed by atoms with Crippen molar-refractivity contribution in [2.75, 3.05) is 53.0 Å². The van der Waals surface area contributed by atoms with E-state index in [0.29, 0.717) is 70.5 Å². The van der Waals surface area contributed by atoms with E-state index in [0.717, 1.165) is 28.4 Å². The fourth-order valence-electron chi connectivity index (χ4n) is 6.83. The Kier molecular flexibility index (Phi) is 11.6. The zero-order chi connectivity index (χ0) is 35.3. The lowest BCUT2D eigenvalue weighted by Gasteiger charge is -2.47. The fourth-order valence-corrected chi connectivity index (χ4v) is 6.83. The molecule has 2 fully saturated rings. The molecule has 2 unspecified atom stereocenters. The number of likely N-dealkylation sites (N-methyl/N-ethyl adjacent to an activating group) is 2. The first-order valence-electron chi connectivity index (χ1n) is 17.5. The molecular weight excluding hydrogens is 622 g/mol. The van der Waals surface area contributed by atoms with Gasteiger partial charge in [0.05, 0.1) is 37.0 Å². The van der Waals surface area contributed by atoms with Gasteiger partial charge in [-0.1, -0.05) is 19.6 Å². The fraction of sp³-hybridized carbons (Fsp3) is 0.595. The molecule has 2 aliphatic carbocycles. The van der Waals surface area contributed by atoms with Crippen LogP contribution in [0.4, 0.5) is 0 Å². The zero-order valence-corrected chi connectivity index (χ0v) is 29.9. The highest BCUT2D eigenvalue weighted by atomic mass is 16.5. The topological polar surface area (TPSA) is 137 Å². The summed E-state index contributed by atoms with van der Waals surface area (Å²) in [6.45, 7) is 16.5. The van der Waals surface area contributed by atoms with Gasteiger partial charge in [0.1, 0.15) is 11.4 Å². The summed E-state index contributed by atoms with van der Waals surface area (Å²) in [6.07, 6.45) is 6.19. The third-order valence-corrected chi connectivity index (χ3v) is 10.1. The minimum absolute atomic E-state index is 0.0417. The van der Waals surface area contributed by atoms with E-state index in [4.69, 9.17) is 14.5 Å². The van der Waals surface area contributed by atoms with E-state index < -0.39 is 11.6 Å². The van der Waals surface area contributed by atoms with E-state index in [1.165, 1.54) is 31.4 Å². The van der Waals surface area contributed by atoms with Crippen LogP contribution >= 0.6 is 0 Å². The Balaban J connectivity index is 1.44. The van der Waals surface area contributed by atoms with E-state index in [1.54, 1.807) is 4.90 Å². The predicted octanol–water partition coefficient (Wildman–Crippen LogP) is 3.56. The summed E-state index contributed by atoms with van der Waals surface area (Å²) in [5.41, 5.74) is 3.16. The number of allylic oxidation sites excluding steroid dienone is 1. The van der Waals surface area contributed by atoms with Crippen LogP contribution in [0.25, 0.3) is 0 Å². The number of aromatic nitrogens is 1. The Morgan fingerprint density at radius 1 is 1.20 bits per heavy atom. The molecule has 0 aromatic carbocycles. The van der Waals surface area contributed by atoms with Crippen LogP contribution in [0.3, 0.4) is 0 Å². The summed E-state index contributed by atoms with van der Waals surface area (Å²) in [4.78, 5) is 51.9. The molecule has 2 aliphatic heterocycles. The Labute approximate surface area is 290 Å². The van der Waals surface area contributed by atoms with Gasteiger partial charge in [-0.15, -0.1) is 0 Å². The van der Waals surface area contributed by atoms with Crippen LogP contribution < -0.4 is 16.0 Å². The molecule has 3 N–H and O–H groups in total. The molecular formula is C37H53N7O5. The summed E-state index contributed by atoms with van der Waals surface area (Å²) >= 11 is 0. The smallest absolute Gasteiger partial charge is 0.245 e. The van der Waals surface area contributed by atoms with Gasteiger partial charge in [-0.05, 0) is 87.8 Å². The van der Waals surface area contributed by atoms with E-state index in [1.807, 2.05) is 34.0 Å². The van der Waals surface area contributed by atoms with E-state index >= 15 is 0 Å². The van der Waals surface area contributed by atoms with Crippen LogP contribution in [0.2, 0.25) is 0 Å². The lowest BCUT2D eigenvalue weighted by Crippen LogP contribution is -2.64. The van der Waals surface area contributed by atoms with Crippen molar-refractivity contribution >= 4 is 23.6 Å². The van der Waals surface area contributed by atoms with Crippen LogP contribution in [-0.4, -0.2) is 96.9 Å². The maximum absolute atomic E-state index is 13.9. The number of carbonyl (C=O) groups excluding carboxylic acids is 3. The van der Waals surface area contributed by atoms with Gasteiger partial charge >= 0.3 is 0 Å². The van der Waals surface area contributed by atoms with Gasteiger partial charge in [-0.2, -0.15) is 0 Å². The van der Waals surface area contributed by atoms with Crippen molar-refractivity contribution in [1.82, 2.24) is 30.7 Å². The SMILES string of the molecule is C=CC(=O)N(CC)CCN(C)C[C@@H](OC1=C(C2(NC(C)=O)COC2)CC(C(=O)NC2=C(C)CN=C(C)N2)C(C)C1)c1ccc(C2CC2)cn1. The number of carbonyl (C=O) groups is 3. The highest BCUT2D eigenvalue weighted by molar-refractivity contribution is 5.87. The van der Waals surface area contributed by atoms with Crippen LogP contribution in [0.15, 0.2) is 58.7 Å². The molecule has 49 heavy (non-hydrogen) atoms. The van der Waals surface area contributed by atoms with Crippen LogP contribution in [0.5, 0.6) is 0 Å². The molecule has 3 heterocycles. The molecule has 3 atom stereocenters. The number of rotatable bonds is 15. The number of hydrogen-bond donors (Lipinski definition) is 3. The largest absolute Gasteiger partial charge is 0.487 e. The number of pyridine rings is 1. The molecule has 4 aliphatic rings. The van der Waals surface area contributed by atoms with Gasteiger partial charge in [0, 0.05) is 51.6 Å². The molecule has 5 rings (SSSR count). The van der Waals surface area contributed by atoms with Crippen LogP contribution in [0, 0.1) is 11.8 Å². The minimum Gasteiger partial charge on any atom is -0.487 e. The highest BCUT2D eigenvalue weighted by Crippen LogP contribution is 2.44. The average Bonchev–Trinajstić information content (AvgIpc) is 3.90. The third kappa shape index (κ3) is 8.77.